The predicted molar refractivity (Wildman–Crippen MR) is 133 cm³/mol. The third-order valence-electron chi connectivity index (χ3n) is 5.69. The number of nitrogens with zero attached hydrogens (tertiary/aromatic N) is 4. The molecule has 8 nitrogen and oxygen atoms in total. The number of hydrogen-bond donors (Lipinski definition) is 0. The Kier molecular flexibility index (Phi) is 6.34. The van der Waals surface area contributed by atoms with Crippen molar-refractivity contribution in [2.75, 3.05) is 18.6 Å². The van der Waals surface area contributed by atoms with E-state index < -0.39 is 16.1 Å². The third-order valence-corrected chi connectivity index (χ3v) is 10.0. The Hall–Kier alpha value is -2.86. The minimum atomic E-state index is -3.75. The number of carbonyl (C=O) groups excluding carboxylic acids is 1. The summed E-state index contributed by atoms with van der Waals surface area (Å²) in [5, 5.41) is 2.24. The molecule has 1 aliphatic heterocycles. The Balaban J connectivity index is 1.53. The van der Waals surface area contributed by atoms with Crippen molar-refractivity contribution in [3.8, 4) is 5.75 Å². The summed E-state index contributed by atoms with van der Waals surface area (Å²) in [6.45, 7) is 0.557. The van der Waals surface area contributed by atoms with Crippen LogP contribution in [0.2, 0.25) is 0 Å². The molecule has 1 saturated heterocycles. The number of aromatic nitrogens is 2. The molecule has 1 atom stereocenters. The lowest BCUT2D eigenvalue weighted by Gasteiger charge is -2.28. The fourth-order valence-electron chi connectivity index (χ4n) is 4.03. The topological polar surface area (TPSA) is 92.7 Å². The summed E-state index contributed by atoms with van der Waals surface area (Å²) in [6, 6.07) is 11.7. The number of hydrogen-bond acceptors (Lipinski definition) is 8. The lowest BCUT2D eigenvalue weighted by atomic mass is 10.2. The molecule has 11 heteroatoms. The molecule has 1 aliphatic rings. The maximum Gasteiger partial charge on any atom is 0.253 e. The number of carbonyl (C=O) groups is 1. The average Bonchev–Trinajstić information content (AvgIpc) is 3.62. The van der Waals surface area contributed by atoms with Crippen molar-refractivity contribution in [2.24, 2.45) is 0 Å². The van der Waals surface area contributed by atoms with Crippen molar-refractivity contribution in [1.82, 2.24) is 14.3 Å². The lowest BCUT2D eigenvalue weighted by Crippen LogP contribution is -2.47. The average molecular weight is 515 g/mol. The summed E-state index contributed by atoms with van der Waals surface area (Å²) in [5.74, 6) is 0.421. The molecule has 3 aromatic heterocycles. The van der Waals surface area contributed by atoms with Gasteiger partial charge in [0.05, 0.1) is 23.9 Å². The number of fused-ring (bicyclic) bond motifs is 1. The van der Waals surface area contributed by atoms with Crippen LogP contribution in [-0.2, 0) is 21.4 Å². The van der Waals surface area contributed by atoms with Crippen molar-refractivity contribution in [1.29, 1.82) is 0 Å². The van der Waals surface area contributed by atoms with Crippen molar-refractivity contribution < 1.29 is 17.9 Å². The molecular weight excluding hydrogens is 492 g/mol. The van der Waals surface area contributed by atoms with Crippen molar-refractivity contribution in [3.05, 3.63) is 65.8 Å². The SMILES string of the molecule is COc1ccc2nc(N(Cc3cccnc3)C(=O)C3CCCN3S(=O)(=O)c3cccs3)sc2c1. The Labute approximate surface area is 205 Å². The summed E-state index contributed by atoms with van der Waals surface area (Å²) in [7, 11) is -2.15. The fourth-order valence-corrected chi connectivity index (χ4v) is 7.80. The number of pyridine rings is 1. The van der Waals surface area contributed by atoms with Gasteiger partial charge in [-0.3, -0.25) is 14.7 Å². The summed E-state index contributed by atoms with van der Waals surface area (Å²) in [5.41, 5.74) is 1.58. The van der Waals surface area contributed by atoms with Gasteiger partial charge in [-0.25, -0.2) is 13.4 Å². The van der Waals surface area contributed by atoms with Gasteiger partial charge in [0.25, 0.3) is 10.0 Å². The third kappa shape index (κ3) is 4.31. The van der Waals surface area contributed by atoms with Gasteiger partial charge >= 0.3 is 0 Å². The summed E-state index contributed by atoms with van der Waals surface area (Å²) >= 11 is 2.53. The molecular formula is C23H22N4O4S3. The first-order valence-corrected chi connectivity index (χ1v) is 13.8. The molecule has 0 spiro atoms. The van der Waals surface area contributed by atoms with Crippen LogP contribution in [0.3, 0.4) is 0 Å². The maximum atomic E-state index is 13.9. The number of anilines is 1. The number of methoxy groups -OCH3 is 1. The first-order chi connectivity index (χ1) is 16.5. The molecule has 4 aromatic rings. The first-order valence-electron chi connectivity index (χ1n) is 10.7. The maximum absolute atomic E-state index is 13.9. The van der Waals surface area contributed by atoms with E-state index in [1.165, 1.54) is 15.6 Å². The number of thiazole rings is 1. The van der Waals surface area contributed by atoms with Gasteiger partial charge < -0.3 is 4.74 Å². The monoisotopic (exact) mass is 514 g/mol. The second kappa shape index (κ2) is 9.41. The Bertz CT molecular complexity index is 1400. The van der Waals surface area contributed by atoms with E-state index in [0.717, 1.165) is 27.1 Å². The van der Waals surface area contributed by atoms with Crippen LogP contribution in [0, 0.1) is 0 Å². The zero-order valence-electron chi connectivity index (χ0n) is 18.3. The van der Waals surface area contributed by atoms with E-state index in [1.807, 2.05) is 30.3 Å². The molecule has 0 bridgehead atoms. The smallest absolute Gasteiger partial charge is 0.253 e. The quantitative estimate of drug-likeness (QED) is 0.368. The fraction of sp³-hybridized carbons (Fsp3) is 0.261. The predicted octanol–water partition coefficient (Wildman–Crippen LogP) is 4.15. The number of rotatable bonds is 7. The molecule has 0 N–H and O–H groups in total. The highest BCUT2D eigenvalue weighted by Gasteiger charge is 2.42. The van der Waals surface area contributed by atoms with Gasteiger partial charge in [0, 0.05) is 18.9 Å². The van der Waals surface area contributed by atoms with Crippen molar-refractivity contribution in [2.45, 2.75) is 29.6 Å². The van der Waals surface area contributed by atoms with E-state index in [-0.39, 0.29) is 16.7 Å². The summed E-state index contributed by atoms with van der Waals surface area (Å²) in [6.07, 6.45) is 4.46. The second-order valence-electron chi connectivity index (χ2n) is 7.82. The van der Waals surface area contributed by atoms with Gasteiger partial charge in [-0.2, -0.15) is 4.31 Å². The van der Waals surface area contributed by atoms with Crippen molar-refractivity contribution in [3.63, 3.8) is 0 Å². The lowest BCUT2D eigenvalue weighted by molar-refractivity contribution is -0.121. The van der Waals surface area contributed by atoms with E-state index in [9.17, 15) is 13.2 Å². The second-order valence-corrected chi connectivity index (χ2v) is 11.9. The summed E-state index contributed by atoms with van der Waals surface area (Å²) in [4.78, 5) is 24.4. The largest absolute Gasteiger partial charge is 0.497 e. The molecule has 4 heterocycles. The van der Waals surface area contributed by atoms with Gasteiger partial charge in [0.15, 0.2) is 5.13 Å². The Morgan fingerprint density at radius 1 is 1.26 bits per heavy atom. The number of ether oxygens (including phenoxy) is 1. The minimum Gasteiger partial charge on any atom is -0.497 e. The van der Waals surface area contributed by atoms with Crippen LogP contribution < -0.4 is 9.64 Å². The first kappa shape index (κ1) is 22.9. The van der Waals surface area contributed by atoms with E-state index >= 15 is 0 Å². The van der Waals surface area contributed by atoms with Crippen LogP contribution in [-0.4, -0.2) is 48.3 Å². The molecule has 1 unspecified atom stereocenters. The van der Waals surface area contributed by atoms with E-state index in [2.05, 4.69) is 4.98 Å². The van der Waals surface area contributed by atoms with Gasteiger partial charge in [-0.15, -0.1) is 11.3 Å². The van der Waals surface area contributed by atoms with Crippen LogP contribution in [0.4, 0.5) is 5.13 Å². The minimum absolute atomic E-state index is 0.243. The molecule has 176 valence electrons. The summed E-state index contributed by atoms with van der Waals surface area (Å²) < 4.78 is 34.3. The van der Waals surface area contributed by atoms with E-state index in [1.54, 1.807) is 41.9 Å². The number of sulfonamides is 1. The number of amides is 1. The molecule has 34 heavy (non-hydrogen) atoms. The van der Waals surface area contributed by atoms with Gasteiger partial charge in [0.1, 0.15) is 16.0 Å². The standard InChI is InChI=1S/C23H22N4O4S3/c1-31-17-8-9-18-20(13-17)33-23(25-18)26(15-16-5-2-10-24-14-16)22(28)19-6-3-11-27(19)34(29,30)21-7-4-12-32-21/h2,4-5,7-10,12-14,19H,3,6,11,15H2,1H3. The molecule has 5 rings (SSSR count). The molecule has 1 aromatic carbocycles. The Morgan fingerprint density at radius 3 is 2.88 bits per heavy atom. The zero-order valence-corrected chi connectivity index (χ0v) is 20.8. The number of benzene rings is 1. The van der Waals surface area contributed by atoms with Crippen LogP contribution in [0.5, 0.6) is 5.75 Å². The van der Waals surface area contributed by atoms with Crippen LogP contribution in [0.1, 0.15) is 18.4 Å². The molecule has 0 radical (unpaired) electrons. The normalized spacial score (nSPS) is 16.7. The van der Waals surface area contributed by atoms with Crippen molar-refractivity contribution >= 4 is 54.0 Å². The van der Waals surface area contributed by atoms with E-state index in [0.29, 0.717) is 30.3 Å². The van der Waals surface area contributed by atoms with Gasteiger partial charge in [-0.05, 0) is 54.1 Å². The molecule has 1 fully saturated rings. The van der Waals surface area contributed by atoms with Crippen LogP contribution in [0.25, 0.3) is 10.2 Å². The Morgan fingerprint density at radius 2 is 2.15 bits per heavy atom. The van der Waals surface area contributed by atoms with E-state index in [4.69, 9.17) is 9.72 Å². The highest BCUT2D eigenvalue weighted by Crippen LogP contribution is 2.35. The highest BCUT2D eigenvalue weighted by atomic mass is 32.2. The molecule has 1 amide bonds. The molecule has 0 aliphatic carbocycles. The van der Waals surface area contributed by atoms with Crippen LogP contribution >= 0.6 is 22.7 Å². The molecule has 0 saturated carbocycles. The van der Waals surface area contributed by atoms with Gasteiger partial charge in [-0.1, -0.05) is 23.5 Å². The van der Waals surface area contributed by atoms with Gasteiger partial charge in [0.2, 0.25) is 5.91 Å². The zero-order chi connectivity index (χ0) is 23.7. The number of thiophene rings is 1. The highest BCUT2D eigenvalue weighted by molar-refractivity contribution is 7.91. The van der Waals surface area contributed by atoms with Crippen LogP contribution in [0.15, 0.2) is 64.4 Å².